The molecular weight excluding hydrogens is 470 g/mol. The van der Waals surface area contributed by atoms with E-state index in [0.29, 0.717) is 27.4 Å². The molecule has 0 bridgehead atoms. The summed E-state index contributed by atoms with van der Waals surface area (Å²) in [5.74, 6) is 0.827. The second kappa shape index (κ2) is 8.79. The van der Waals surface area contributed by atoms with Gasteiger partial charge in [-0.3, -0.25) is 4.79 Å². The first-order chi connectivity index (χ1) is 17.6. The van der Waals surface area contributed by atoms with Crippen LogP contribution < -0.4 is 16.4 Å². The molecule has 0 unspecified atom stereocenters. The third-order valence-electron chi connectivity index (χ3n) is 6.05. The van der Waals surface area contributed by atoms with Crippen molar-refractivity contribution in [3.05, 3.63) is 96.0 Å². The average Bonchev–Trinajstić information content (AvgIpc) is 3.58. The number of hydrogen-bond donors (Lipinski definition) is 3. The highest BCUT2D eigenvalue weighted by atomic mass is 32.1. The fourth-order valence-electron chi connectivity index (χ4n) is 4.20. The van der Waals surface area contributed by atoms with Gasteiger partial charge in [-0.05, 0) is 55.0 Å². The Morgan fingerprint density at radius 1 is 0.972 bits per heavy atom. The van der Waals surface area contributed by atoms with Gasteiger partial charge in [0.15, 0.2) is 0 Å². The van der Waals surface area contributed by atoms with E-state index in [0.717, 1.165) is 33.4 Å². The Morgan fingerprint density at radius 2 is 1.78 bits per heavy atom. The number of rotatable bonds is 5. The predicted molar refractivity (Wildman–Crippen MR) is 145 cm³/mol. The van der Waals surface area contributed by atoms with E-state index in [1.54, 1.807) is 11.6 Å². The molecule has 1 amide bonds. The summed E-state index contributed by atoms with van der Waals surface area (Å²) in [4.78, 5) is 26.1. The van der Waals surface area contributed by atoms with E-state index in [4.69, 9.17) is 5.73 Å². The number of thiophene rings is 1. The van der Waals surface area contributed by atoms with E-state index >= 15 is 0 Å². The van der Waals surface area contributed by atoms with Crippen LogP contribution in [0.15, 0.2) is 84.9 Å². The molecule has 36 heavy (non-hydrogen) atoms. The first kappa shape index (κ1) is 21.8. The summed E-state index contributed by atoms with van der Waals surface area (Å²) < 4.78 is 2.75. The Balaban J connectivity index is 1.33. The SMILES string of the molecule is Cc1ccc2c(Nc3ccc(-n4cccc4)cc3)nccc2c1NC(=O)c1csc2c(N)ncnc12. The first-order valence-corrected chi connectivity index (χ1v) is 12.1. The van der Waals surface area contributed by atoms with Gasteiger partial charge in [0.2, 0.25) is 0 Å². The number of nitrogens with two attached hydrogens (primary N) is 1. The zero-order chi connectivity index (χ0) is 24.6. The minimum absolute atomic E-state index is 0.248. The fraction of sp³-hybridized carbons (Fsp3) is 0.0370. The summed E-state index contributed by atoms with van der Waals surface area (Å²) in [6.07, 6.45) is 7.13. The largest absolute Gasteiger partial charge is 0.382 e. The van der Waals surface area contributed by atoms with Crippen molar-refractivity contribution in [3.63, 3.8) is 0 Å². The number of anilines is 4. The van der Waals surface area contributed by atoms with Crippen molar-refractivity contribution < 1.29 is 4.79 Å². The number of aromatic nitrogens is 4. The van der Waals surface area contributed by atoms with Gasteiger partial charge < -0.3 is 20.9 Å². The lowest BCUT2D eigenvalue weighted by Crippen LogP contribution is -2.13. The minimum Gasteiger partial charge on any atom is -0.382 e. The van der Waals surface area contributed by atoms with Gasteiger partial charge in [0.1, 0.15) is 18.0 Å². The van der Waals surface area contributed by atoms with Crippen molar-refractivity contribution in [3.8, 4) is 5.69 Å². The molecule has 6 aromatic rings. The van der Waals surface area contributed by atoms with Crippen molar-refractivity contribution in [2.75, 3.05) is 16.4 Å². The lowest BCUT2D eigenvalue weighted by Gasteiger charge is -2.15. The van der Waals surface area contributed by atoms with Gasteiger partial charge in [-0.25, -0.2) is 15.0 Å². The molecule has 2 aromatic carbocycles. The second-order valence-corrected chi connectivity index (χ2v) is 9.19. The van der Waals surface area contributed by atoms with Gasteiger partial charge in [0.05, 0.1) is 21.5 Å². The number of nitrogens with zero attached hydrogens (tertiary/aromatic N) is 4. The topological polar surface area (TPSA) is 111 Å². The number of carbonyl (C=O) groups is 1. The lowest BCUT2D eigenvalue weighted by atomic mass is 10.0. The molecule has 0 fully saturated rings. The molecule has 0 aliphatic heterocycles. The molecule has 0 atom stereocenters. The smallest absolute Gasteiger partial charge is 0.258 e. The van der Waals surface area contributed by atoms with E-state index in [2.05, 4.69) is 30.2 Å². The molecule has 4 aromatic heterocycles. The predicted octanol–water partition coefficient (Wildman–Crippen LogP) is 5.92. The minimum atomic E-state index is -0.248. The maximum Gasteiger partial charge on any atom is 0.258 e. The molecule has 9 heteroatoms. The van der Waals surface area contributed by atoms with Crippen LogP contribution in [-0.2, 0) is 0 Å². The molecule has 176 valence electrons. The molecule has 0 saturated heterocycles. The van der Waals surface area contributed by atoms with Crippen LogP contribution in [0.25, 0.3) is 26.7 Å². The summed E-state index contributed by atoms with van der Waals surface area (Å²) in [6, 6.07) is 18.0. The highest BCUT2D eigenvalue weighted by molar-refractivity contribution is 7.18. The normalized spacial score (nSPS) is 11.1. The molecule has 8 nitrogen and oxygen atoms in total. The summed E-state index contributed by atoms with van der Waals surface area (Å²) in [5, 5.41) is 10.1. The van der Waals surface area contributed by atoms with Crippen LogP contribution in [0, 0.1) is 6.92 Å². The maximum atomic E-state index is 13.3. The van der Waals surface area contributed by atoms with Crippen LogP contribution in [0.4, 0.5) is 23.0 Å². The van der Waals surface area contributed by atoms with Crippen LogP contribution in [0.3, 0.4) is 0 Å². The zero-order valence-electron chi connectivity index (χ0n) is 19.3. The number of benzene rings is 2. The number of nitrogens with one attached hydrogen (secondary N) is 2. The van der Waals surface area contributed by atoms with Crippen molar-refractivity contribution in [2.24, 2.45) is 0 Å². The van der Waals surface area contributed by atoms with Crippen LogP contribution >= 0.6 is 11.3 Å². The van der Waals surface area contributed by atoms with Gasteiger partial charge in [0, 0.05) is 46.1 Å². The maximum absolute atomic E-state index is 13.3. The summed E-state index contributed by atoms with van der Waals surface area (Å²) in [6.45, 7) is 1.97. The van der Waals surface area contributed by atoms with E-state index in [1.807, 2.05) is 73.9 Å². The van der Waals surface area contributed by atoms with Crippen molar-refractivity contribution in [2.45, 2.75) is 6.92 Å². The molecule has 0 aliphatic rings. The number of carbonyl (C=O) groups excluding carboxylic acids is 1. The van der Waals surface area contributed by atoms with Crippen molar-refractivity contribution >= 4 is 61.2 Å². The first-order valence-electron chi connectivity index (χ1n) is 11.3. The Labute approximate surface area is 210 Å². The number of pyridine rings is 1. The number of nitrogen functional groups attached to an aromatic ring is 1. The summed E-state index contributed by atoms with van der Waals surface area (Å²) >= 11 is 1.36. The third kappa shape index (κ3) is 3.81. The quantitative estimate of drug-likeness (QED) is 0.276. The monoisotopic (exact) mass is 491 g/mol. The zero-order valence-corrected chi connectivity index (χ0v) is 20.1. The Bertz CT molecular complexity index is 1720. The van der Waals surface area contributed by atoms with Gasteiger partial charge >= 0.3 is 0 Å². The molecule has 0 radical (unpaired) electrons. The van der Waals surface area contributed by atoms with Crippen molar-refractivity contribution in [1.29, 1.82) is 0 Å². The second-order valence-electron chi connectivity index (χ2n) is 8.31. The standard InChI is InChI=1S/C27H21N7OS/c1-16-4-9-20-19(22(16)33-27(35)21-14-36-24-23(21)30-15-31-25(24)28)10-11-29-26(20)32-17-5-7-18(8-6-17)34-12-2-3-13-34/h2-15H,1H3,(H,29,32)(H,33,35)(H2,28,30,31). The molecular formula is C27H21N7OS. The Hall–Kier alpha value is -4.76. The summed E-state index contributed by atoms with van der Waals surface area (Å²) in [5.41, 5.74) is 10.6. The molecule has 4 N–H and O–H groups in total. The van der Waals surface area contributed by atoms with E-state index in [-0.39, 0.29) is 5.91 Å². The molecule has 4 heterocycles. The van der Waals surface area contributed by atoms with Crippen LogP contribution in [0.2, 0.25) is 0 Å². The van der Waals surface area contributed by atoms with Crippen molar-refractivity contribution in [1.82, 2.24) is 19.5 Å². The number of amides is 1. The van der Waals surface area contributed by atoms with E-state index in [9.17, 15) is 4.79 Å². The molecule has 0 spiro atoms. The van der Waals surface area contributed by atoms with E-state index in [1.165, 1.54) is 17.7 Å². The van der Waals surface area contributed by atoms with Gasteiger partial charge in [0.25, 0.3) is 5.91 Å². The number of aryl methyl sites for hydroxylation is 1. The van der Waals surface area contributed by atoms with Crippen LogP contribution in [0.1, 0.15) is 15.9 Å². The van der Waals surface area contributed by atoms with Crippen LogP contribution in [-0.4, -0.2) is 25.4 Å². The average molecular weight is 492 g/mol. The summed E-state index contributed by atoms with van der Waals surface area (Å²) in [7, 11) is 0. The third-order valence-corrected chi connectivity index (χ3v) is 7.04. The Morgan fingerprint density at radius 3 is 2.58 bits per heavy atom. The van der Waals surface area contributed by atoms with Gasteiger partial charge in [-0.1, -0.05) is 12.1 Å². The number of hydrogen-bond acceptors (Lipinski definition) is 7. The Kier molecular flexibility index (Phi) is 5.31. The number of fused-ring (bicyclic) bond motifs is 2. The lowest BCUT2D eigenvalue weighted by molar-refractivity contribution is 0.102. The fourth-order valence-corrected chi connectivity index (χ4v) is 5.10. The molecule has 0 saturated carbocycles. The molecule has 6 rings (SSSR count). The van der Waals surface area contributed by atoms with Gasteiger partial charge in [-0.2, -0.15) is 0 Å². The van der Waals surface area contributed by atoms with E-state index < -0.39 is 0 Å². The van der Waals surface area contributed by atoms with Crippen LogP contribution in [0.5, 0.6) is 0 Å². The highest BCUT2D eigenvalue weighted by Gasteiger charge is 2.18. The molecule has 0 aliphatic carbocycles. The highest BCUT2D eigenvalue weighted by Crippen LogP contribution is 2.34. The van der Waals surface area contributed by atoms with Gasteiger partial charge in [-0.15, -0.1) is 11.3 Å².